The van der Waals surface area contributed by atoms with Crippen LogP contribution in [0.5, 0.6) is 0 Å². The number of rotatable bonds is 8. The predicted octanol–water partition coefficient (Wildman–Crippen LogP) is 5.97. The molecule has 0 saturated carbocycles. The van der Waals surface area contributed by atoms with Crippen molar-refractivity contribution in [3.05, 3.63) is 95.3 Å². The Morgan fingerprint density at radius 3 is 2.42 bits per heavy atom. The zero-order chi connectivity index (χ0) is 28.1. The molecule has 2 amide bonds. The Hall–Kier alpha value is -3.69. The van der Waals surface area contributed by atoms with Gasteiger partial charge in [-0.1, -0.05) is 53.7 Å². The lowest BCUT2D eigenvalue weighted by atomic mass is 10.1. The summed E-state index contributed by atoms with van der Waals surface area (Å²) >= 11 is 7.64. The number of amides is 2. The Kier molecular flexibility index (Phi) is 8.81. The van der Waals surface area contributed by atoms with Crippen LogP contribution in [0.15, 0.2) is 84.0 Å². The van der Waals surface area contributed by atoms with E-state index in [4.69, 9.17) is 11.6 Å². The minimum atomic E-state index is -0.529. The largest absolute Gasteiger partial charge is 0.339 e. The van der Waals surface area contributed by atoms with Gasteiger partial charge in [0.25, 0.3) is 5.91 Å². The lowest BCUT2D eigenvalue weighted by Crippen LogP contribution is -2.55. The number of hydrogen-bond donors (Lipinski definition) is 0. The highest BCUT2D eigenvalue weighted by Gasteiger charge is 2.31. The van der Waals surface area contributed by atoms with E-state index in [0.29, 0.717) is 43.3 Å². The highest BCUT2D eigenvalue weighted by atomic mass is 35.5. The van der Waals surface area contributed by atoms with E-state index in [1.165, 1.54) is 12.1 Å². The first kappa shape index (κ1) is 27.9. The Labute approximate surface area is 242 Å². The van der Waals surface area contributed by atoms with Gasteiger partial charge in [-0.2, -0.15) is 0 Å². The molecule has 0 aliphatic carbocycles. The summed E-state index contributed by atoms with van der Waals surface area (Å²) < 4.78 is 16.1. The summed E-state index contributed by atoms with van der Waals surface area (Å²) in [7, 11) is 0. The van der Waals surface area contributed by atoms with E-state index in [0.717, 1.165) is 22.2 Å². The highest BCUT2D eigenvalue weighted by molar-refractivity contribution is 7.99. The van der Waals surface area contributed by atoms with Crippen molar-refractivity contribution in [3.63, 3.8) is 0 Å². The molecule has 1 atom stereocenters. The molecule has 1 aromatic heterocycles. The SMILES string of the molecule is CC1CN(C(=O)CCCSc2nnc(-c3ccc(Cl)cc3)n2-c2ccccc2)CCN1C(=O)c1ccccc1F. The van der Waals surface area contributed by atoms with Gasteiger partial charge in [-0.15, -0.1) is 10.2 Å². The summed E-state index contributed by atoms with van der Waals surface area (Å²) in [6.07, 6.45) is 1.06. The Morgan fingerprint density at radius 2 is 1.70 bits per heavy atom. The monoisotopic (exact) mass is 577 g/mol. The van der Waals surface area contributed by atoms with Crippen LogP contribution in [0.1, 0.15) is 30.1 Å². The zero-order valence-corrected chi connectivity index (χ0v) is 23.6. The van der Waals surface area contributed by atoms with Crippen LogP contribution in [-0.2, 0) is 4.79 Å². The summed E-state index contributed by atoms with van der Waals surface area (Å²) in [5.74, 6) is 0.599. The molecule has 0 spiro atoms. The molecule has 40 heavy (non-hydrogen) atoms. The predicted molar refractivity (Wildman–Crippen MR) is 155 cm³/mol. The number of benzene rings is 3. The maximum Gasteiger partial charge on any atom is 0.257 e. The summed E-state index contributed by atoms with van der Waals surface area (Å²) in [6.45, 7) is 3.13. The lowest BCUT2D eigenvalue weighted by Gasteiger charge is -2.40. The van der Waals surface area contributed by atoms with Crippen LogP contribution in [0.3, 0.4) is 0 Å². The van der Waals surface area contributed by atoms with Gasteiger partial charge in [0.1, 0.15) is 5.82 Å². The summed E-state index contributed by atoms with van der Waals surface area (Å²) in [6, 6.07) is 23.2. The molecule has 4 aromatic rings. The molecule has 7 nitrogen and oxygen atoms in total. The molecule has 1 fully saturated rings. The van der Waals surface area contributed by atoms with Crippen LogP contribution < -0.4 is 0 Å². The van der Waals surface area contributed by atoms with E-state index in [1.54, 1.807) is 33.7 Å². The van der Waals surface area contributed by atoms with E-state index >= 15 is 0 Å². The number of carbonyl (C=O) groups is 2. The molecular weight excluding hydrogens is 549 g/mol. The zero-order valence-electron chi connectivity index (χ0n) is 22.0. The summed E-state index contributed by atoms with van der Waals surface area (Å²) in [4.78, 5) is 29.3. The van der Waals surface area contributed by atoms with Crippen molar-refractivity contribution in [3.8, 4) is 17.1 Å². The van der Waals surface area contributed by atoms with Crippen molar-refractivity contribution in [2.24, 2.45) is 0 Å². The number of hydrogen-bond acceptors (Lipinski definition) is 5. The van der Waals surface area contributed by atoms with Crippen LogP contribution in [0, 0.1) is 5.82 Å². The van der Waals surface area contributed by atoms with Crippen LogP contribution in [0.2, 0.25) is 5.02 Å². The summed E-state index contributed by atoms with van der Waals surface area (Å²) in [5, 5.41) is 10.3. The minimum Gasteiger partial charge on any atom is -0.339 e. The lowest BCUT2D eigenvalue weighted by molar-refractivity contribution is -0.133. The van der Waals surface area contributed by atoms with Crippen molar-refractivity contribution in [2.75, 3.05) is 25.4 Å². The Bertz CT molecular complexity index is 1480. The third-order valence-electron chi connectivity index (χ3n) is 6.86. The molecule has 3 aromatic carbocycles. The smallest absolute Gasteiger partial charge is 0.257 e. The number of aromatic nitrogens is 3. The molecule has 10 heteroatoms. The molecule has 0 radical (unpaired) electrons. The van der Waals surface area contributed by atoms with E-state index in [1.807, 2.05) is 66.1 Å². The molecule has 2 heterocycles. The first-order valence-corrected chi connectivity index (χ1v) is 14.5. The van der Waals surface area contributed by atoms with Crippen molar-refractivity contribution in [2.45, 2.75) is 31.0 Å². The first-order chi connectivity index (χ1) is 19.4. The van der Waals surface area contributed by atoms with Gasteiger partial charge in [-0.25, -0.2) is 4.39 Å². The number of thioether (sulfide) groups is 1. The van der Waals surface area contributed by atoms with Crippen LogP contribution in [-0.4, -0.2) is 67.8 Å². The second kappa shape index (κ2) is 12.7. The standard InChI is InChI=1S/C30H29ClFN5O2S/c1-21-20-35(17-18-36(21)29(39)25-10-5-6-11-26(25)32)27(38)12-7-19-40-30-34-33-28(22-13-15-23(31)16-14-22)37(30)24-8-3-2-4-9-24/h2-6,8-11,13-16,21H,7,12,17-20H2,1H3. The van der Waals surface area contributed by atoms with Gasteiger partial charge < -0.3 is 9.80 Å². The average molecular weight is 578 g/mol. The van der Waals surface area contributed by atoms with E-state index in [-0.39, 0.29) is 23.4 Å². The minimum absolute atomic E-state index is 0.0526. The number of para-hydroxylation sites is 1. The van der Waals surface area contributed by atoms with E-state index in [9.17, 15) is 14.0 Å². The Morgan fingerprint density at radius 1 is 0.975 bits per heavy atom. The fraction of sp³-hybridized carbons (Fsp3) is 0.267. The number of nitrogens with zero attached hydrogens (tertiary/aromatic N) is 5. The van der Waals surface area contributed by atoms with Gasteiger partial charge in [-0.3, -0.25) is 14.2 Å². The molecule has 1 aliphatic heterocycles. The van der Waals surface area contributed by atoms with Crippen molar-refractivity contribution < 1.29 is 14.0 Å². The normalized spacial score (nSPS) is 15.3. The maximum atomic E-state index is 14.1. The molecule has 1 aliphatic rings. The third kappa shape index (κ3) is 6.21. The second-order valence-electron chi connectivity index (χ2n) is 9.60. The third-order valence-corrected chi connectivity index (χ3v) is 8.13. The second-order valence-corrected chi connectivity index (χ2v) is 11.1. The van der Waals surface area contributed by atoms with Crippen LogP contribution >= 0.6 is 23.4 Å². The highest BCUT2D eigenvalue weighted by Crippen LogP contribution is 2.29. The molecule has 0 N–H and O–H groups in total. The number of halogens is 2. The van der Waals surface area contributed by atoms with E-state index in [2.05, 4.69) is 10.2 Å². The molecular formula is C30H29ClFN5O2S. The Balaban J connectivity index is 1.17. The average Bonchev–Trinajstić information content (AvgIpc) is 3.39. The van der Waals surface area contributed by atoms with Crippen LogP contribution in [0.25, 0.3) is 17.1 Å². The van der Waals surface area contributed by atoms with Crippen molar-refractivity contribution in [1.82, 2.24) is 24.6 Å². The van der Waals surface area contributed by atoms with Crippen molar-refractivity contribution >= 4 is 35.2 Å². The summed E-state index contributed by atoms with van der Waals surface area (Å²) in [5.41, 5.74) is 1.92. The van der Waals surface area contributed by atoms with Gasteiger partial charge in [-0.05, 0) is 61.9 Å². The molecule has 1 saturated heterocycles. The van der Waals surface area contributed by atoms with Gasteiger partial charge >= 0.3 is 0 Å². The van der Waals surface area contributed by atoms with Gasteiger partial charge in [0.05, 0.1) is 5.56 Å². The fourth-order valence-electron chi connectivity index (χ4n) is 4.78. The first-order valence-electron chi connectivity index (χ1n) is 13.1. The molecule has 0 bridgehead atoms. The number of piperazine rings is 1. The quantitative estimate of drug-likeness (QED) is 0.190. The van der Waals surface area contributed by atoms with Gasteiger partial charge in [0, 0.05) is 54.1 Å². The molecule has 1 unspecified atom stereocenters. The van der Waals surface area contributed by atoms with Crippen molar-refractivity contribution in [1.29, 1.82) is 0 Å². The fourth-order valence-corrected chi connectivity index (χ4v) is 5.80. The van der Waals surface area contributed by atoms with Crippen LogP contribution in [0.4, 0.5) is 4.39 Å². The van der Waals surface area contributed by atoms with E-state index < -0.39 is 5.82 Å². The maximum absolute atomic E-state index is 14.1. The van der Waals surface area contributed by atoms with Gasteiger partial charge in [0.15, 0.2) is 11.0 Å². The molecule has 5 rings (SSSR count). The topological polar surface area (TPSA) is 71.3 Å². The van der Waals surface area contributed by atoms with Gasteiger partial charge in [0.2, 0.25) is 5.91 Å². The molecule has 206 valence electrons. The number of carbonyl (C=O) groups excluding carboxylic acids is 2.